The number of nitrogens with zero attached hydrogens (tertiary/aromatic N) is 5. The lowest BCUT2D eigenvalue weighted by Gasteiger charge is -2.07. The van der Waals surface area contributed by atoms with Crippen LogP contribution in [0.5, 0.6) is 0 Å². The smallest absolute Gasteiger partial charge is 0.183 e. The van der Waals surface area contributed by atoms with Gasteiger partial charge >= 0.3 is 0 Å². The highest BCUT2D eigenvalue weighted by atomic mass is 35.5. The van der Waals surface area contributed by atoms with Crippen LogP contribution in [0.25, 0.3) is 11.2 Å². The van der Waals surface area contributed by atoms with Crippen molar-refractivity contribution < 1.29 is 0 Å². The Labute approximate surface area is 166 Å². The van der Waals surface area contributed by atoms with E-state index in [2.05, 4.69) is 52.3 Å². The highest BCUT2D eigenvalue weighted by molar-refractivity contribution is 7.98. The molecule has 0 fully saturated rings. The van der Waals surface area contributed by atoms with Crippen LogP contribution in [-0.2, 0) is 12.3 Å². The van der Waals surface area contributed by atoms with Crippen molar-refractivity contribution in [2.45, 2.75) is 31.2 Å². The minimum absolute atomic E-state index is 0.589. The van der Waals surface area contributed by atoms with Crippen molar-refractivity contribution in [1.29, 1.82) is 0 Å². The summed E-state index contributed by atoms with van der Waals surface area (Å²) in [4.78, 5) is 8.81. The van der Waals surface area contributed by atoms with Crippen LogP contribution in [0.2, 0.25) is 5.02 Å². The van der Waals surface area contributed by atoms with Crippen LogP contribution in [-0.4, -0.2) is 25.0 Å². The van der Waals surface area contributed by atoms with Gasteiger partial charge in [0, 0.05) is 10.8 Å². The molecule has 4 rings (SSSR count). The van der Waals surface area contributed by atoms with E-state index in [1.165, 1.54) is 16.7 Å². The van der Waals surface area contributed by atoms with Gasteiger partial charge in [-0.25, -0.2) is 14.6 Å². The number of aromatic nitrogens is 5. The van der Waals surface area contributed by atoms with E-state index in [9.17, 15) is 0 Å². The predicted molar refractivity (Wildman–Crippen MR) is 109 cm³/mol. The summed E-state index contributed by atoms with van der Waals surface area (Å²) in [5.41, 5.74) is 6.42. The molecule has 2 aromatic heterocycles. The Hall–Kier alpha value is -2.44. The molecule has 0 aliphatic heterocycles. The van der Waals surface area contributed by atoms with Gasteiger partial charge in [-0.05, 0) is 42.7 Å². The second kappa shape index (κ2) is 7.66. The monoisotopic (exact) mass is 395 g/mol. The Bertz CT molecular complexity index is 1090. The first-order valence-electron chi connectivity index (χ1n) is 8.58. The van der Waals surface area contributed by atoms with Crippen molar-refractivity contribution >= 4 is 34.5 Å². The minimum atomic E-state index is 0.589. The fraction of sp³-hybridized carbons (Fsp3) is 0.200. The Morgan fingerprint density at radius 2 is 1.85 bits per heavy atom. The number of halogens is 1. The van der Waals surface area contributed by atoms with Crippen LogP contribution in [0.3, 0.4) is 0 Å². The predicted octanol–water partition coefficient (Wildman–Crippen LogP) is 4.83. The van der Waals surface area contributed by atoms with E-state index >= 15 is 0 Å². The van der Waals surface area contributed by atoms with E-state index in [1.54, 1.807) is 22.8 Å². The van der Waals surface area contributed by atoms with Gasteiger partial charge in [0.25, 0.3) is 0 Å². The van der Waals surface area contributed by atoms with Gasteiger partial charge < -0.3 is 0 Å². The largest absolute Gasteiger partial charge is 0.227 e. The maximum atomic E-state index is 5.96. The molecule has 136 valence electrons. The molecule has 27 heavy (non-hydrogen) atoms. The average Bonchev–Trinajstić information content (AvgIpc) is 3.08. The van der Waals surface area contributed by atoms with Crippen LogP contribution in [0.15, 0.2) is 53.8 Å². The topological polar surface area (TPSA) is 56.5 Å². The zero-order chi connectivity index (χ0) is 18.8. The lowest BCUT2D eigenvalue weighted by atomic mass is 10.1. The molecule has 0 aliphatic rings. The molecule has 0 atom stereocenters. The Balaban J connectivity index is 1.58. The molecule has 0 spiro atoms. The highest BCUT2D eigenvalue weighted by Gasteiger charge is 2.13. The molecule has 5 nitrogen and oxygen atoms in total. The molecule has 0 aliphatic carbocycles. The lowest BCUT2D eigenvalue weighted by Crippen LogP contribution is -2.03. The minimum Gasteiger partial charge on any atom is -0.227 e. The van der Waals surface area contributed by atoms with Crippen molar-refractivity contribution in [3.63, 3.8) is 0 Å². The van der Waals surface area contributed by atoms with Crippen LogP contribution in [0.1, 0.15) is 22.3 Å². The van der Waals surface area contributed by atoms with Crippen LogP contribution in [0.4, 0.5) is 0 Å². The Morgan fingerprint density at radius 3 is 2.67 bits per heavy atom. The van der Waals surface area contributed by atoms with E-state index in [4.69, 9.17) is 11.6 Å². The number of hydrogen-bond donors (Lipinski definition) is 0. The number of aryl methyl sites for hydroxylation is 2. The Kier molecular flexibility index (Phi) is 5.09. The van der Waals surface area contributed by atoms with Crippen molar-refractivity contribution in [3.8, 4) is 0 Å². The molecule has 2 heterocycles. The van der Waals surface area contributed by atoms with Crippen LogP contribution >= 0.6 is 23.4 Å². The molecule has 0 N–H and O–H groups in total. The Morgan fingerprint density at radius 1 is 1.04 bits per heavy atom. The molecule has 0 unspecified atom stereocenters. The maximum Gasteiger partial charge on any atom is 0.183 e. The molecular formula is C20H18ClN5S. The summed E-state index contributed by atoms with van der Waals surface area (Å²) in [5.74, 6) is 0.837. The summed E-state index contributed by atoms with van der Waals surface area (Å²) in [5, 5.41) is 10.2. The average molecular weight is 396 g/mol. The first-order valence-corrected chi connectivity index (χ1v) is 9.94. The van der Waals surface area contributed by atoms with E-state index in [1.807, 2.05) is 24.3 Å². The van der Waals surface area contributed by atoms with Gasteiger partial charge in [0.15, 0.2) is 11.2 Å². The molecule has 2 aromatic carbocycles. The highest BCUT2D eigenvalue weighted by Crippen LogP contribution is 2.27. The van der Waals surface area contributed by atoms with Crippen molar-refractivity contribution in [1.82, 2.24) is 25.0 Å². The first-order chi connectivity index (χ1) is 13.1. The third-order valence-corrected chi connectivity index (χ3v) is 5.66. The zero-order valence-electron chi connectivity index (χ0n) is 15.1. The van der Waals surface area contributed by atoms with Crippen LogP contribution in [0, 0.1) is 13.8 Å². The number of hydrogen-bond acceptors (Lipinski definition) is 5. The number of thioether (sulfide) groups is 1. The third-order valence-electron chi connectivity index (χ3n) is 4.38. The zero-order valence-corrected chi connectivity index (χ0v) is 16.6. The van der Waals surface area contributed by atoms with Crippen LogP contribution < -0.4 is 0 Å². The molecule has 0 saturated carbocycles. The van der Waals surface area contributed by atoms with Gasteiger partial charge in [-0.3, -0.25) is 0 Å². The summed E-state index contributed by atoms with van der Waals surface area (Å²) in [6, 6.07) is 14.2. The second-order valence-electron chi connectivity index (χ2n) is 6.44. The second-order valence-corrected chi connectivity index (χ2v) is 7.84. The summed E-state index contributed by atoms with van der Waals surface area (Å²) in [7, 11) is 0. The molecule has 0 saturated heterocycles. The molecule has 0 amide bonds. The van der Waals surface area contributed by atoms with E-state index in [0.29, 0.717) is 6.54 Å². The third kappa shape index (κ3) is 3.96. The van der Waals surface area contributed by atoms with Crippen molar-refractivity contribution in [2.24, 2.45) is 0 Å². The quantitative estimate of drug-likeness (QED) is 0.357. The summed E-state index contributed by atoms with van der Waals surface area (Å²) < 4.78 is 1.79. The van der Waals surface area contributed by atoms with Gasteiger partial charge in [-0.2, -0.15) is 0 Å². The van der Waals surface area contributed by atoms with E-state index in [-0.39, 0.29) is 0 Å². The molecule has 4 aromatic rings. The molecular weight excluding hydrogens is 378 g/mol. The van der Waals surface area contributed by atoms with Gasteiger partial charge in [0.05, 0.1) is 6.54 Å². The van der Waals surface area contributed by atoms with Crippen molar-refractivity contribution in [2.75, 3.05) is 0 Å². The standard InChI is InChI=1S/C20H18ClN5S/c1-13-3-4-14(2)16(9-13)11-27-20-18-19(22-12-23-20)26(25-24-18)10-15-5-7-17(21)8-6-15/h3-9,12H,10-11H2,1-2H3. The van der Waals surface area contributed by atoms with Gasteiger partial charge in [0.1, 0.15) is 11.4 Å². The number of fused-ring (bicyclic) bond motifs is 1. The van der Waals surface area contributed by atoms with Gasteiger partial charge in [-0.1, -0.05) is 64.5 Å². The first kappa shape index (κ1) is 17.9. The van der Waals surface area contributed by atoms with E-state index in [0.717, 1.165) is 32.5 Å². The summed E-state index contributed by atoms with van der Waals surface area (Å²) in [6.07, 6.45) is 1.58. The van der Waals surface area contributed by atoms with Crippen molar-refractivity contribution in [3.05, 3.63) is 76.1 Å². The fourth-order valence-corrected chi connectivity index (χ4v) is 3.97. The molecule has 0 bridgehead atoms. The summed E-state index contributed by atoms with van der Waals surface area (Å²) in [6.45, 7) is 4.83. The SMILES string of the molecule is Cc1ccc(C)c(CSc2ncnc3c2nnn3Cc2ccc(Cl)cc2)c1. The molecule has 0 radical (unpaired) electrons. The summed E-state index contributed by atoms with van der Waals surface area (Å²) >= 11 is 7.62. The van der Waals surface area contributed by atoms with Gasteiger partial charge in [-0.15, -0.1) is 5.10 Å². The van der Waals surface area contributed by atoms with E-state index < -0.39 is 0 Å². The number of rotatable bonds is 5. The fourth-order valence-electron chi connectivity index (χ4n) is 2.85. The van der Waals surface area contributed by atoms with Gasteiger partial charge in [0.2, 0.25) is 0 Å². The lowest BCUT2D eigenvalue weighted by molar-refractivity contribution is 0.664. The molecule has 7 heteroatoms. The number of benzene rings is 2. The normalized spacial score (nSPS) is 11.2. The maximum absolute atomic E-state index is 5.96.